The number of methoxy groups -OCH3 is 1. The highest BCUT2D eigenvalue weighted by molar-refractivity contribution is 14.0. The van der Waals surface area contributed by atoms with Crippen LogP contribution in [-0.2, 0) is 11.3 Å². The van der Waals surface area contributed by atoms with Crippen LogP contribution in [0.5, 0.6) is 5.75 Å². The molecule has 30 heavy (non-hydrogen) atoms. The largest absolute Gasteiger partial charge is 0.493 e. The maximum Gasteiger partial charge on any atom is 0.191 e. The van der Waals surface area contributed by atoms with Crippen molar-refractivity contribution in [3.05, 3.63) is 29.3 Å². The Morgan fingerprint density at radius 3 is 2.50 bits per heavy atom. The number of nitrogens with zero attached hydrogens (tertiary/aromatic N) is 3. The number of piperazine rings is 1. The fourth-order valence-corrected chi connectivity index (χ4v) is 3.39. The van der Waals surface area contributed by atoms with Gasteiger partial charge in [-0.1, -0.05) is 19.1 Å². The topological polar surface area (TPSA) is 61.4 Å². The summed E-state index contributed by atoms with van der Waals surface area (Å²) in [6, 6.07) is 6.33. The van der Waals surface area contributed by atoms with Crippen LogP contribution in [0.4, 0.5) is 0 Å². The van der Waals surface area contributed by atoms with Crippen molar-refractivity contribution in [2.24, 2.45) is 4.99 Å². The molecule has 0 spiro atoms. The van der Waals surface area contributed by atoms with Crippen LogP contribution in [0.2, 0.25) is 0 Å². The Labute approximate surface area is 199 Å². The lowest BCUT2D eigenvalue weighted by molar-refractivity contribution is 0.139. The lowest BCUT2D eigenvalue weighted by Gasteiger charge is -2.34. The van der Waals surface area contributed by atoms with Crippen molar-refractivity contribution in [2.45, 2.75) is 26.8 Å². The van der Waals surface area contributed by atoms with Crippen molar-refractivity contribution in [3.63, 3.8) is 0 Å². The van der Waals surface area contributed by atoms with E-state index in [0.29, 0.717) is 19.8 Å². The van der Waals surface area contributed by atoms with E-state index in [4.69, 9.17) is 9.47 Å². The van der Waals surface area contributed by atoms with Crippen molar-refractivity contribution >= 4 is 29.9 Å². The summed E-state index contributed by atoms with van der Waals surface area (Å²) in [6.07, 6.45) is 0.882. The lowest BCUT2D eigenvalue weighted by atomic mass is 10.1. The third-order valence-electron chi connectivity index (χ3n) is 5.28. The number of rotatable bonds is 11. The third-order valence-corrected chi connectivity index (χ3v) is 5.28. The van der Waals surface area contributed by atoms with E-state index < -0.39 is 0 Å². The first kappa shape index (κ1) is 26.9. The molecule has 1 aromatic rings. The summed E-state index contributed by atoms with van der Waals surface area (Å²) in [4.78, 5) is 9.37. The fourth-order valence-electron chi connectivity index (χ4n) is 3.39. The van der Waals surface area contributed by atoms with Gasteiger partial charge in [0.2, 0.25) is 0 Å². The van der Waals surface area contributed by atoms with Crippen molar-refractivity contribution in [1.29, 1.82) is 0 Å². The van der Waals surface area contributed by atoms with E-state index >= 15 is 0 Å². The highest BCUT2D eigenvalue weighted by Crippen LogP contribution is 2.20. The maximum atomic E-state index is 5.97. The number of ether oxygens (including phenoxy) is 2. The van der Waals surface area contributed by atoms with E-state index in [1.165, 1.54) is 18.7 Å². The molecular weight excluding hydrogens is 493 g/mol. The van der Waals surface area contributed by atoms with Crippen LogP contribution < -0.4 is 15.4 Å². The molecule has 1 fully saturated rings. The number of aliphatic imine (C=N–C) groups is 1. The minimum absolute atomic E-state index is 0. The quantitative estimate of drug-likeness (QED) is 0.197. The molecule has 1 aliphatic heterocycles. The van der Waals surface area contributed by atoms with Gasteiger partial charge in [-0.3, -0.25) is 9.89 Å². The van der Waals surface area contributed by atoms with Gasteiger partial charge in [-0.2, -0.15) is 0 Å². The number of halogens is 1. The van der Waals surface area contributed by atoms with Crippen LogP contribution in [0.15, 0.2) is 23.2 Å². The molecule has 0 aromatic heterocycles. The molecule has 0 unspecified atom stereocenters. The van der Waals surface area contributed by atoms with E-state index in [1.807, 2.05) is 7.05 Å². The monoisotopic (exact) mass is 533 g/mol. The van der Waals surface area contributed by atoms with Gasteiger partial charge < -0.3 is 25.0 Å². The second-order valence-corrected chi connectivity index (χ2v) is 7.43. The molecule has 1 aromatic carbocycles. The van der Waals surface area contributed by atoms with Gasteiger partial charge in [0.05, 0.1) is 6.61 Å². The number of guanidine groups is 1. The Morgan fingerprint density at radius 2 is 1.83 bits per heavy atom. The van der Waals surface area contributed by atoms with Crippen molar-refractivity contribution < 1.29 is 9.47 Å². The summed E-state index contributed by atoms with van der Waals surface area (Å²) in [5, 5.41) is 6.84. The van der Waals surface area contributed by atoms with Crippen LogP contribution in [0.3, 0.4) is 0 Å². The molecule has 0 saturated carbocycles. The lowest BCUT2D eigenvalue weighted by Crippen LogP contribution is -2.49. The zero-order chi connectivity index (χ0) is 20.9. The van der Waals surface area contributed by atoms with E-state index in [1.54, 1.807) is 7.11 Å². The molecule has 8 heteroatoms. The Balaban J connectivity index is 0.00000450. The van der Waals surface area contributed by atoms with Gasteiger partial charge in [-0.15, -0.1) is 24.0 Å². The predicted molar refractivity (Wildman–Crippen MR) is 135 cm³/mol. The summed E-state index contributed by atoms with van der Waals surface area (Å²) >= 11 is 0. The van der Waals surface area contributed by atoms with E-state index in [0.717, 1.165) is 56.4 Å². The van der Waals surface area contributed by atoms with Gasteiger partial charge in [-0.25, -0.2) is 0 Å². The molecule has 172 valence electrons. The average Bonchev–Trinajstić information content (AvgIpc) is 2.75. The van der Waals surface area contributed by atoms with E-state index in [-0.39, 0.29) is 24.0 Å². The summed E-state index contributed by atoms with van der Waals surface area (Å²) in [7, 11) is 3.53. The summed E-state index contributed by atoms with van der Waals surface area (Å²) in [5.41, 5.74) is 2.33. The van der Waals surface area contributed by atoms with Gasteiger partial charge in [0.15, 0.2) is 5.96 Å². The highest BCUT2D eigenvalue weighted by atomic mass is 127. The molecule has 0 atom stereocenters. The first-order valence-corrected chi connectivity index (χ1v) is 10.8. The van der Waals surface area contributed by atoms with Gasteiger partial charge in [0.1, 0.15) is 5.75 Å². The maximum absolute atomic E-state index is 5.97. The molecule has 2 rings (SSSR count). The van der Waals surface area contributed by atoms with Gasteiger partial charge >= 0.3 is 0 Å². The molecule has 0 radical (unpaired) electrons. The summed E-state index contributed by atoms with van der Waals surface area (Å²) < 4.78 is 11.1. The molecule has 2 N–H and O–H groups in total. The van der Waals surface area contributed by atoms with Gasteiger partial charge in [0, 0.05) is 78.6 Å². The van der Waals surface area contributed by atoms with Crippen molar-refractivity contribution in [3.8, 4) is 5.75 Å². The van der Waals surface area contributed by atoms with Crippen LogP contribution in [-0.4, -0.2) is 88.9 Å². The molecule has 1 saturated heterocycles. The normalized spacial score (nSPS) is 15.5. The minimum Gasteiger partial charge on any atom is -0.493 e. The Bertz CT molecular complexity index is 622. The van der Waals surface area contributed by atoms with Crippen molar-refractivity contribution in [2.75, 3.05) is 73.2 Å². The third kappa shape index (κ3) is 9.80. The van der Waals surface area contributed by atoms with Gasteiger partial charge in [0.25, 0.3) is 0 Å². The Morgan fingerprint density at radius 1 is 1.10 bits per heavy atom. The molecule has 7 nitrogen and oxygen atoms in total. The molecule has 1 aliphatic rings. The average molecular weight is 533 g/mol. The van der Waals surface area contributed by atoms with Crippen molar-refractivity contribution in [1.82, 2.24) is 20.4 Å². The molecule has 1 heterocycles. The minimum atomic E-state index is 0. The molecule has 0 bridgehead atoms. The Kier molecular flexibility index (Phi) is 14.1. The SMILES string of the molecule is CCN1CCN(CCNC(=NC)NCc2ccc(C)cc2OCCCOC)CC1.I. The number of likely N-dealkylation sites (N-methyl/N-ethyl adjacent to an activating group) is 1. The molecular formula is C22H40IN5O2. The smallest absolute Gasteiger partial charge is 0.191 e. The first-order chi connectivity index (χ1) is 14.2. The summed E-state index contributed by atoms with van der Waals surface area (Å²) in [6.45, 7) is 14.1. The zero-order valence-electron chi connectivity index (χ0n) is 19.1. The first-order valence-electron chi connectivity index (χ1n) is 10.8. The van der Waals surface area contributed by atoms with Crippen LogP contribution >= 0.6 is 24.0 Å². The number of aryl methyl sites for hydroxylation is 1. The number of nitrogens with one attached hydrogen (secondary N) is 2. The van der Waals surface area contributed by atoms with Gasteiger partial charge in [-0.05, 0) is 25.1 Å². The van der Waals surface area contributed by atoms with Crippen LogP contribution in [0.1, 0.15) is 24.5 Å². The van der Waals surface area contributed by atoms with Crippen LogP contribution in [0, 0.1) is 6.92 Å². The van der Waals surface area contributed by atoms with E-state index in [9.17, 15) is 0 Å². The fraction of sp³-hybridized carbons (Fsp3) is 0.682. The summed E-state index contributed by atoms with van der Waals surface area (Å²) in [5.74, 6) is 1.75. The second kappa shape index (κ2) is 15.7. The second-order valence-electron chi connectivity index (χ2n) is 7.43. The number of benzene rings is 1. The number of hydrogen-bond donors (Lipinski definition) is 2. The van der Waals surface area contributed by atoms with E-state index in [2.05, 4.69) is 57.5 Å². The standard InChI is InChI=1S/C22H39N5O2.HI/c1-5-26-11-13-27(14-12-26)10-9-24-22(23-3)25-18-20-8-7-19(2)17-21(20)29-16-6-15-28-4;/h7-8,17H,5-6,9-16,18H2,1-4H3,(H2,23,24,25);1H. The Hall–Kier alpha value is -1.10. The number of hydrogen-bond acceptors (Lipinski definition) is 5. The predicted octanol–water partition coefficient (Wildman–Crippen LogP) is 2.33. The highest BCUT2D eigenvalue weighted by Gasteiger charge is 2.14. The van der Waals surface area contributed by atoms with Crippen LogP contribution in [0.25, 0.3) is 0 Å². The zero-order valence-corrected chi connectivity index (χ0v) is 21.4. The molecule has 0 amide bonds. The molecule has 0 aliphatic carbocycles.